The van der Waals surface area contributed by atoms with E-state index in [0.29, 0.717) is 21.6 Å². The van der Waals surface area contributed by atoms with Crippen LogP contribution < -0.4 is 0 Å². The Morgan fingerprint density at radius 2 is 1.40 bits per heavy atom. The third-order valence-corrected chi connectivity index (χ3v) is 7.58. The van der Waals surface area contributed by atoms with Crippen molar-refractivity contribution in [2.45, 2.75) is 12.3 Å². The average molecular weight is 687 g/mol. The van der Waals surface area contributed by atoms with Crippen LogP contribution in [0, 0.1) is 11.5 Å². The predicted octanol–water partition coefficient (Wildman–Crippen LogP) is 6.42. The molecule has 0 amide bonds. The van der Waals surface area contributed by atoms with E-state index in [9.17, 15) is 9.59 Å². The lowest BCUT2D eigenvalue weighted by atomic mass is 10.0. The SMILES string of the molecule is N#CN1CCC(c2cc(-c3ccnc(-c4cccnc4)c3)n[nH]2)C1.O=Cc1ccnc(-c2cccnc2)c1.O=Cc1ccnc(Br)c1. The van der Waals surface area contributed by atoms with Gasteiger partial charge in [0, 0.05) is 95.9 Å². The number of aldehydes is 2. The van der Waals surface area contributed by atoms with Gasteiger partial charge in [0.25, 0.3) is 0 Å². The second-order valence-corrected chi connectivity index (χ2v) is 11.1. The summed E-state index contributed by atoms with van der Waals surface area (Å²) in [6.45, 7) is 1.57. The van der Waals surface area contributed by atoms with Crippen molar-refractivity contribution < 1.29 is 9.59 Å². The first kappa shape index (κ1) is 32.5. The summed E-state index contributed by atoms with van der Waals surface area (Å²) in [5.41, 5.74) is 7.80. The van der Waals surface area contributed by atoms with Gasteiger partial charge in [-0.05, 0) is 89.1 Å². The summed E-state index contributed by atoms with van der Waals surface area (Å²) in [5.74, 6) is 0.338. The number of nitrogens with zero attached hydrogens (tertiary/aromatic N) is 8. The molecular formula is C35H28BrN9O2. The number of nitriles is 1. The van der Waals surface area contributed by atoms with Crippen LogP contribution in [0.15, 0.2) is 115 Å². The Bertz CT molecular complexity index is 1960. The number of H-pyrrole nitrogens is 1. The smallest absolute Gasteiger partial charge is 0.179 e. The van der Waals surface area contributed by atoms with Gasteiger partial charge in [-0.15, -0.1) is 0 Å². The van der Waals surface area contributed by atoms with Crippen LogP contribution in [0.1, 0.15) is 38.7 Å². The average Bonchev–Trinajstić information content (AvgIpc) is 3.84. The first-order chi connectivity index (χ1) is 23.1. The van der Waals surface area contributed by atoms with Gasteiger partial charge in [-0.3, -0.25) is 34.6 Å². The lowest BCUT2D eigenvalue weighted by molar-refractivity contribution is 0.111. The first-order valence-corrected chi connectivity index (χ1v) is 15.3. The summed E-state index contributed by atoms with van der Waals surface area (Å²) in [6.07, 6.45) is 16.7. The van der Waals surface area contributed by atoms with Crippen LogP contribution >= 0.6 is 15.9 Å². The van der Waals surface area contributed by atoms with Gasteiger partial charge >= 0.3 is 0 Å². The molecule has 1 N–H and O–H groups in total. The second-order valence-electron chi connectivity index (χ2n) is 10.3. The molecule has 7 rings (SSSR count). The molecule has 0 spiro atoms. The van der Waals surface area contributed by atoms with Gasteiger partial charge in [0.2, 0.25) is 0 Å². The number of pyridine rings is 5. The summed E-state index contributed by atoms with van der Waals surface area (Å²) < 4.78 is 0.687. The van der Waals surface area contributed by atoms with Crippen molar-refractivity contribution in [2.75, 3.05) is 13.1 Å². The van der Waals surface area contributed by atoms with Gasteiger partial charge in [-0.25, -0.2) is 4.98 Å². The van der Waals surface area contributed by atoms with E-state index < -0.39 is 0 Å². The zero-order chi connectivity index (χ0) is 32.8. The fourth-order valence-corrected chi connectivity index (χ4v) is 5.13. The molecule has 1 aliphatic heterocycles. The van der Waals surface area contributed by atoms with Crippen LogP contribution in [0.5, 0.6) is 0 Å². The van der Waals surface area contributed by atoms with E-state index in [1.54, 1.807) is 72.5 Å². The Labute approximate surface area is 279 Å². The van der Waals surface area contributed by atoms with Crippen LogP contribution in [0.2, 0.25) is 0 Å². The topological polar surface area (TPSA) is 154 Å². The Balaban J connectivity index is 0.000000159. The first-order valence-electron chi connectivity index (χ1n) is 14.5. The standard InChI is InChI=1S/C18H16N6.C11H8N2O.C6H4BrNO/c19-12-24-7-4-15(11-24)18-9-17(22-23-18)13-3-6-21-16(8-13)14-2-1-5-20-10-14;14-8-9-3-5-13-11(6-9)10-2-1-4-12-7-10;7-6-3-5(4-9)1-2-8-6/h1-3,5-6,8-10,15H,4,7,11H2,(H,22,23);1-8H;1-4H. The zero-order valence-electron chi connectivity index (χ0n) is 25.0. The molecule has 0 aliphatic carbocycles. The van der Waals surface area contributed by atoms with Crippen molar-refractivity contribution >= 4 is 28.5 Å². The highest BCUT2D eigenvalue weighted by Gasteiger charge is 2.24. The van der Waals surface area contributed by atoms with Crippen LogP contribution in [0.25, 0.3) is 33.8 Å². The third-order valence-electron chi connectivity index (χ3n) is 7.14. The van der Waals surface area contributed by atoms with Crippen LogP contribution in [0.3, 0.4) is 0 Å². The maximum absolute atomic E-state index is 10.5. The number of aromatic amines is 1. The molecule has 1 aliphatic rings. The summed E-state index contributed by atoms with van der Waals surface area (Å²) in [6, 6.07) is 20.4. The van der Waals surface area contributed by atoms with Crippen molar-refractivity contribution in [1.29, 1.82) is 5.26 Å². The Morgan fingerprint density at radius 1 is 0.766 bits per heavy atom. The number of carbonyl (C=O) groups is 2. The number of hydrogen-bond acceptors (Lipinski definition) is 10. The lowest BCUT2D eigenvalue weighted by Crippen LogP contribution is -2.12. The third kappa shape index (κ3) is 9.06. The second kappa shape index (κ2) is 16.4. The summed E-state index contributed by atoms with van der Waals surface area (Å²) >= 11 is 3.13. The highest BCUT2D eigenvalue weighted by Crippen LogP contribution is 2.29. The number of carbonyl (C=O) groups excluding carboxylic acids is 2. The molecule has 6 aromatic rings. The lowest BCUT2D eigenvalue weighted by Gasteiger charge is -2.06. The van der Waals surface area contributed by atoms with Crippen molar-refractivity contribution in [3.05, 3.63) is 132 Å². The van der Waals surface area contributed by atoms with Gasteiger partial charge in [0.1, 0.15) is 17.2 Å². The summed E-state index contributed by atoms with van der Waals surface area (Å²) in [5, 5.41) is 16.6. The molecule has 0 bridgehead atoms. The van der Waals surface area contributed by atoms with Crippen molar-refractivity contribution in [3.63, 3.8) is 0 Å². The van der Waals surface area contributed by atoms with Gasteiger partial charge < -0.3 is 4.90 Å². The molecule has 0 radical (unpaired) electrons. The Morgan fingerprint density at radius 3 is 1.98 bits per heavy atom. The molecule has 12 heteroatoms. The molecule has 1 unspecified atom stereocenters. The van der Waals surface area contributed by atoms with Crippen LogP contribution in [-0.2, 0) is 0 Å². The quantitative estimate of drug-likeness (QED) is 0.118. The fraction of sp³-hybridized carbons (Fsp3) is 0.114. The van der Waals surface area contributed by atoms with Crippen LogP contribution in [-0.4, -0.2) is 65.7 Å². The minimum absolute atomic E-state index is 0.338. The van der Waals surface area contributed by atoms with Crippen molar-refractivity contribution in [3.8, 4) is 40.0 Å². The van der Waals surface area contributed by atoms with E-state index in [4.69, 9.17) is 5.26 Å². The number of hydrogen-bond donors (Lipinski definition) is 1. The maximum atomic E-state index is 10.5. The van der Waals surface area contributed by atoms with E-state index in [2.05, 4.69) is 63.3 Å². The maximum Gasteiger partial charge on any atom is 0.179 e. The van der Waals surface area contributed by atoms with Gasteiger partial charge in [-0.2, -0.15) is 10.4 Å². The number of aromatic nitrogens is 7. The van der Waals surface area contributed by atoms with Crippen molar-refractivity contribution in [2.24, 2.45) is 0 Å². The highest BCUT2D eigenvalue weighted by atomic mass is 79.9. The monoisotopic (exact) mass is 685 g/mol. The largest absolute Gasteiger partial charge is 0.310 e. The molecule has 0 aromatic carbocycles. The number of nitrogens with one attached hydrogen (secondary N) is 1. The predicted molar refractivity (Wildman–Crippen MR) is 180 cm³/mol. The van der Waals surface area contributed by atoms with Gasteiger partial charge in [0.05, 0.1) is 17.1 Å². The molecule has 6 aromatic heterocycles. The normalized spacial score (nSPS) is 13.3. The highest BCUT2D eigenvalue weighted by molar-refractivity contribution is 9.10. The van der Waals surface area contributed by atoms with Gasteiger partial charge in [0.15, 0.2) is 6.19 Å². The molecule has 1 fully saturated rings. The molecule has 232 valence electrons. The molecule has 47 heavy (non-hydrogen) atoms. The summed E-state index contributed by atoms with van der Waals surface area (Å²) in [4.78, 5) is 43.0. The van der Waals surface area contributed by atoms with E-state index in [-0.39, 0.29) is 0 Å². The molecule has 11 nitrogen and oxygen atoms in total. The minimum Gasteiger partial charge on any atom is -0.310 e. The fourth-order valence-electron chi connectivity index (χ4n) is 4.74. The summed E-state index contributed by atoms with van der Waals surface area (Å²) in [7, 11) is 0. The van der Waals surface area contributed by atoms with E-state index in [1.165, 1.54) is 0 Å². The Hall–Kier alpha value is -5.93. The minimum atomic E-state index is 0.338. The Kier molecular flexibility index (Phi) is 11.3. The number of likely N-dealkylation sites (tertiary alicyclic amines) is 1. The van der Waals surface area contributed by atoms with Crippen LogP contribution in [0.4, 0.5) is 0 Å². The molecule has 7 heterocycles. The molecular weight excluding hydrogens is 658 g/mol. The number of rotatable bonds is 6. The molecule has 0 saturated carbocycles. The molecule has 1 saturated heterocycles. The van der Waals surface area contributed by atoms with E-state index in [1.807, 2.05) is 36.4 Å². The van der Waals surface area contributed by atoms with E-state index >= 15 is 0 Å². The molecule has 1 atom stereocenters. The number of halogens is 1. The zero-order valence-corrected chi connectivity index (χ0v) is 26.6. The van der Waals surface area contributed by atoms with Crippen molar-refractivity contribution in [1.82, 2.24) is 40.0 Å². The van der Waals surface area contributed by atoms with E-state index in [0.717, 1.165) is 71.5 Å². The van der Waals surface area contributed by atoms with Gasteiger partial charge in [-0.1, -0.05) is 0 Å².